The first-order chi connectivity index (χ1) is 16.7. The largest absolute Gasteiger partial charge is 0.478 e. The van der Waals surface area contributed by atoms with Crippen molar-refractivity contribution in [1.29, 1.82) is 0 Å². The number of nitrogens with zero attached hydrogens (tertiary/aromatic N) is 2. The topological polar surface area (TPSA) is 98.2 Å². The summed E-state index contributed by atoms with van der Waals surface area (Å²) in [6.45, 7) is 1.83. The van der Waals surface area contributed by atoms with Crippen LogP contribution in [0.15, 0.2) is 29.6 Å². The monoisotopic (exact) mass is 533 g/mol. The standard InChI is InChI=1S/C26H29Cl2N3O3S/c1-15-20(26(33)34)13-23(22-14-35-25(30-22)19-9-7-17(27)12-21(19)28)31(15)18(8-10-24(29)32)11-16-5-3-2-4-6-16/h7,9,12-14,16,18H,2-6,8,10-11H2,1H3,(H2,29,32)(H,33,34). The fourth-order valence-corrected chi connectivity index (χ4v) is 6.56. The Hall–Kier alpha value is -2.35. The van der Waals surface area contributed by atoms with E-state index in [1.807, 2.05) is 18.4 Å². The molecule has 1 aliphatic carbocycles. The summed E-state index contributed by atoms with van der Waals surface area (Å²) in [5.74, 6) is -0.787. The Kier molecular flexibility index (Phi) is 8.19. The van der Waals surface area contributed by atoms with Gasteiger partial charge in [-0.25, -0.2) is 9.78 Å². The number of aromatic carboxylic acids is 1. The maximum Gasteiger partial charge on any atom is 0.337 e. The number of primary amides is 1. The summed E-state index contributed by atoms with van der Waals surface area (Å²) in [5.41, 5.74) is 8.60. The molecule has 6 nitrogen and oxygen atoms in total. The van der Waals surface area contributed by atoms with E-state index in [0.29, 0.717) is 33.8 Å². The second-order valence-electron chi connectivity index (χ2n) is 9.26. The van der Waals surface area contributed by atoms with Crippen LogP contribution >= 0.6 is 34.5 Å². The second-order valence-corrected chi connectivity index (χ2v) is 11.0. The van der Waals surface area contributed by atoms with Gasteiger partial charge in [0.25, 0.3) is 0 Å². The molecular formula is C26H29Cl2N3O3S. The number of amides is 1. The summed E-state index contributed by atoms with van der Waals surface area (Å²) in [6, 6.07) is 6.93. The van der Waals surface area contributed by atoms with Crippen molar-refractivity contribution in [3.05, 3.63) is 50.9 Å². The van der Waals surface area contributed by atoms with Crippen LogP contribution < -0.4 is 5.73 Å². The normalized spacial score (nSPS) is 15.3. The number of benzene rings is 1. The van der Waals surface area contributed by atoms with Crippen LogP contribution in [0, 0.1) is 12.8 Å². The molecule has 0 spiro atoms. The zero-order valence-electron chi connectivity index (χ0n) is 19.6. The minimum atomic E-state index is -0.981. The van der Waals surface area contributed by atoms with Crippen molar-refractivity contribution in [3.63, 3.8) is 0 Å². The third kappa shape index (κ3) is 5.90. The molecule has 0 bridgehead atoms. The van der Waals surface area contributed by atoms with Crippen molar-refractivity contribution >= 4 is 46.4 Å². The number of thiazole rings is 1. The van der Waals surface area contributed by atoms with E-state index in [9.17, 15) is 14.7 Å². The van der Waals surface area contributed by atoms with E-state index in [1.54, 1.807) is 18.2 Å². The third-order valence-electron chi connectivity index (χ3n) is 6.87. The van der Waals surface area contributed by atoms with Gasteiger partial charge in [0, 0.05) is 34.1 Å². The van der Waals surface area contributed by atoms with Crippen LogP contribution in [0.25, 0.3) is 22.0 Å². The molecule has 9 heteroatoms. The van der Waals surface area contributed by atoms with Crippen LogP contribution in [0.5, 0.6) is 0 Å². The quantitative estimate of drug-likeness (QED) is 0.299. The fraction of sp³-hybridized carbons (Fsp3) is 0.423. The van der Waals surface area contributed by atoms with Crippen molar-refractivity contribution in [2.75, 3.05) is 0 Å². The zero-order chi connectivity index (χ0) is 25.1. The Morgan fingerprint density at radius 1 is 1.23 bits per heavy atom. The summed E-state index contributed by atoms with van der Waals surface area (Å²) < 4.78 is 2.07. The molecule has 1 saturated carbocycles. The first-order valence-corrected chi connectivity index (χ1v) is 13.5. The molecule has 1 atom stereocenters. The van der Waals surface area contributed by atoms with Gasteiger partial charge in [0.15, 0.2) is 0 Å². The molecule has 4 rings (SSSR count). The molecule has 0 saturated heterocycles. The number of rotatable bonds is 9. The predicted molar refractivity (Wildman–Crippen MR) is 141 cm³/mol. The van der Waals surface area contributed by atoms with E-state index in [1.165, 1.54) is 30.6 Å². The number of carboxylic acids is 1. The molecular weight excluding hydrogens is 505 g/mol. The molecule has 1 amide bonds. The summed E-state index contributed by atoms with van der Waals surface area (Å²) in [6.07, 6.45) is 7.69. The van der Waals surface area contributed by atoms with E-state index < -0.39 is 5.97 Å². The summed E-state index contributed by atoms with van der Waals surface area (Å²) in [7, 11) is 0. The second kappa shape index (κ2) is 11.1. The summed E-state index contributed by atoms with van der Waals surface area (Å²) in [5, 5.41) is 13.6. The van der Waals surface area contributed by atoms with Gasteiger partial charge in [0.1, 0.15) is 5.01 Å². The Bertz CT molecular complexity index is 1230. The molecule has 2 aromatic heterocycles. The smallest absolute Gasteiger partial charge is 0.337 e. The molecule has 0 radical (unpaired) electrons. The van der Waals surface area contributed by atoms with E-state index in [0.717, 1.165) is 35.5 Å². The van der Waals surface area contributed by atoms with Gasteiger partial charge in [0.2, 0.25) is 5.91 Å². The molecule has 3 N–H and O–H groups in total. The van der Waals surface area contributed by atoms with Crippen molar-refractivity contribution in [3.8, 4) is 22.0 Å². The minimum Gasteiger partial charge on any atom is -0.478 e. The highest BCUT2D eigenvalue weighted by Gasteiger charge is 2.28. The third-order valence-corrected chi connectivity index (χ3v) is 8.29. The average Bonchev–Trinajstić information content (AvgIpc) is 3.42. The first kappa shape index (κ1) is 25.7. The van der Waals surface area contributed by atoms with Crippen LogP contribution in [0.3, 0.4) is 0 Å². The van der Waals surface area contributed by atoms with Crippen LogP contribution in [-0.4, -0.2) is 26.5 Å². The highest BCUT2D eigenvalue weighted by Crippen LogP contribution is 2.40. The highest BCUT2D eigenvalue weighted by atomic mass is 35.5. The van der Waals surface area contributed by atoms with Gasteiger partial charge < -0.3 is 15.4 Å². The van der Waals surface area contributed by atoms with Crippen LogP contribution in [0.1, 0.15) is 73.5 Å². The van der Waals surface area contributed by atoms with Gasteiger partial charge in [-0.15, -0.1) is 11.3 Å². The molecule has 1 unspecified atom stereocenters. The van der Waals surface area contributed by atoms with Crippen LogP contribution in [0.2, 0.25) is 10.0 Å². The molecule has 2 heterocycles. The lowest BCUT2D eigenvalue weighted by atomic mass is 9.83. The van der Waals surface area contributed by atoms with Gasteiger partial charge in [-0.2, -0.15) is 0 Å². The zero-order valence-corrected chi connectivity index (χ0v) is 21.9. The average molecular weight is 535 g/mol. The number of nitrogens with two attached hydrogens (primary N) is 1. The van der Waals surface area contributed by atoms with Gasteiger partial charge in [0.05, 0.1) is 22.0 Å². The molecule has 1 aliphatic rings. The van der Waals surface area contributed by atoms with E-state index in [2.05, 4.69) is 4.57 Å². The van der Waals surface area contributed by atoms with E-state index in [-0.39, 0.29) is 23.9 Å². The van der Waals surface area contributed by atoms with Gasteiger partial charge in [-0.3, -0.25) is 4.79 Å². The number of halogens is 2. The van der Waals surface area contributed by atoms with Crippen LogP contribution in [0.4, 0.5) is 0 Å². The maximum absolute atomic E-state index is 12.1. The number of carbonyl (C=O) groups is 2. The number of carboxylic acid groups (broad SMARTS) is 1. The lowest BCUT2D eigenvalue weighted by molar-refractivity contribution is -0.118. The van der Waals surface area contributed by atoms with Crippen LogP contribution in [-0.2, 0) is 4.79 Å². The molecule has 0 aliphatic heterocycles. The van der Waals surface area contributed by atoms with E-state index >= 15 is 0 Å². The lowest BCUT2D eigenvalue weighted by Crippen LogP contribution is -2.21. The molecule has 35 heavy (non-hydrogen) atoms. The number of hydrogen-bond acceptors (Lipinski definition) is 4. The Morgan fingerprint density at radius 3 is 2.63 bits per heavy atom. The fourth-order valence-electron chi connectivity index (χ4n) is 5.15. The number of carbonyl (C=O) groups excluding carboxylic acids is 1. The number of hydrogen-bond donors (Lipinski definition) is 2. The van der Waals surface area contributed by atoms with E-state index in [4.69, 9.17) is 33.9 Å². The van der Waals surface area contributed by atoms with Crippen molar-refractivity contribution < 1.29 is 14.7 Å². The van der Waals surface area contributed by atoms with Gasteiger partial charge >= 0.3 is 5.97 Å². The number of aromatic nitrogens is 2. The molecule has 3 aromatic rings. The predicted octanol–water partition coefficient (Wildman–Crippen LogP) is 7.37. The highest BCUT2D eigenvalue weighted by molar-refractivity contribution is 7.13. The molecule has 1 aromatic carbocycles. The van der Waals surface area contributed by atoms with Gasteiger partial charge in [-0.1, -0.05) is 55.3 Å². The lowest BCUT2D eigenvalue weighted by Gasteiger charge is -2.29. The SMILES string of the molecule is Cc1c(C(=O)O)cc(-c2csc(-c3ccc(Cl)cc3Cl)n2)n1C(CCC(N)=O)CC1CCCCC1. The molecule has 186 valence electrons. The van der Waals surface area contributed by atoms with Gasteiger partial charge in [-0.05, 0) is 49.9 Å². The summed E-state index contributed by atoms with van der Waals surface area (Å²) >= 11 is 13.9. The molecule has 1 fully saturated rings. The van der Waals surface area contributed by atoms with Crippen molar-refractivity contribution in [2.45, 2.75) is 64.3 Å². The summed E-state index contributed by atoms with van der Waals surface area (Å²) in [4.78, 5) is 28.6. The Morgan fingerprint density at radius 2 is 1.97 bits per heavy atom. The van der Waals surface area contributed by atoms with Crippen molar-refractivity contribution in [1.82, 2.24) is 9.55 Å². The first-order valence-electron chi connectivity index (χ1n) is 11.9. The Balaban J connectivity index is 1.77. The van der Waals surface area contributed by atoms with Crippen molar-refractivity contribution in [2.24, 2.45) is 11.7 Å². The Labute approximate surface area is 219 Å². The maximum atomic E-state index is 12.1. The minimum absolute atomic E-state index is 0.0435.